The minimum absolute atomic E-state index is 0.161. The molecule has 21 heavy (non-hydrogen) atoms. The first-order chi connectivity index (χ1) is 9.81. The van der Waals surface area contributed by atoms with Crippen molar-refractivity contribution >= 4 is 40.5 Å². The third-order valence-corrected chi connectivity index (χ3v) is 3.19. The van der Waals surface area contributed by atoms with E-state index in [9.17, 15) is 18.0 Å². The zero-order valence-corrected chi connectivity index (χ0v) is 11.7. The van der Waals surface area contributed by atoms with Crippen LogP contribution in [0.3, 0.4) is 0 Å². The Morgan fingerprint density at radius 1 is 1.10 bits per heavy atom. The van der Waals surface area contributed by atoms with Crippen LogP contribution < -0.4 is 11.1 Å². The van der Waals surface area contributed by atoms with Gasteiger partial charge in [-0.2, -0.15) is 0 Å². The lowest BCUT2D eigenvalue weighted by molar-refractivity contribution is 0.101. The number of halogens is 5. The Morgan fingerprint density at radius 2 is 1.67 bits per heavy atom. The van der Waals surface area contributed by atoms with E-state index in [1.807, 2.05) is 0 Å². The van der Waals surface area contributed by atoms with Crippen LogP contribution in [0.25, 0.3) is 0 Å². The van der Waals surface area contributed by atoms with Crippen molar-refractivity contribution in [2.24, 2.45) is 0 Å². The summed E-state index contributed by atoms with van der Waals surface area (Å²) in [6, 6.07) is 3.63. The van der Waals surface area contributed by atoms with Crippen LogP contribution in [0.2, 0.25) is 10.0 Å². The minimum Gasteiger partial charge on any atom is -0.396 e. The molecule has 0 saturated carbocycles. The van der Waals surface area contributed by atoms with E-state index in [1.165, 1.54) is 0 Å². The SMILES string of the molecule is Nc1ccc(F)c(C(=O)Nc2c(Cl)cc(F)cc2Cl)c1F. The van der Waals surface area contributed by atoms with E-state index in [0.29, 0.717) is 0 Å². The second kappa shape index (κ2) is 5.83. The van der Waals surface area contributed by atoms with Crippen molar-refractivity contribution in [2.45, 2.75) is 0 Å². The lowest BCUT2D eigenvalue weighted by Crippen LogP contribution is -2.17. The quantitative estimate of drug-likeness (QED) is 0.807. The highest BCUT2D eigenvalue weighted by molar-refractivity contribution is 6.40. The monoisotopic (exact) mass is 334 g/mol. The Morgan fingerprint density at radius 3 is 2.24 bits per heavy atom. The molecule has 0 radical (unpaired) electrons. The fourth-order valence-electron chi connectivity index (χ4n) is 1.61. The molecule has 1 amide bonds. The highest BCUT2D eigenvalue weighted by Crippen LogP contribution is 2.32. The van der Waals surface area contributed by atoms with Crippen LogP contribution in [-0.2, 0) is 0 Å². The molecule has 2 aromatic carbocycles. The van der Waals surface area contributed by atoms with Gasteiger partial charge in [-0.25, -0.2) is 13.2 Å². The third-order valence-electron chi connectivity index (χ3n) is 2.59. The molecular formula is C13H7Cl2F3N2O. The molecular weight excluding hydrogens is 328 g/mol. The van der Waals surface area contributed by atoms with E-state index in [2.05, 4.69) is 5.32 Å². The molecule has 0 saturated heterocycles. The summed E-state index contributed by atoms with van der Waals surface area (Å²) >= 11 is 11.5. The molecule has 0 fully saturated rings. The Balaban J connectivity index is 2.42. The zero-order valence-electron chi connectivity index (χ0n) is 10.2. The number of anilines is 2. The fraction of sp³-hybridized carbons (Fsp3) is 0. The first-order valence-electron chi connectivity index (χ1n) is 5.50. The smallest absolute Gasteiger partial charge is 0.261 e. The molecule has 2 rings (SSSR count). The summed E-state index contributed by atoms with van der Waals surface area (Å²) in [5, 5.41) is 1.71. The lowest BCUT2D eigenvalue weighted by atomic mass is 10.1. The highest BCUT2D eigenvalue weighted by Gasteiger charge is 2.21. The number of nitrogens with two attached hydrogens (primary N) is 1. The van der Waals surface area contributed by atoms with Crippen molar-refractivity contribution in [3.05, 3.63) is 57.3 Å². The van der Waals surface area contributed by atoms with Crippen molar-refractivity contribution in [1.82, 2.24) is 0 Å². The molecule has 0 heterocycles. The van der Waals surface area contributed by atoms with E-state index >= 15 is 0 Å². The molecule has 110 valence electrons. The second-order valence-electron chi connectivity index (χ2n) is 4.02. The van der Waals surface area contributed by atoms with Gasteiger partial charge in [-0.1, -0.05) is 23.2 Å². The fourth-order valence-corrected chi connectivity index (χ4v) is 2.17. The van der Waals surface area contributed by atoms with Crippen LogP contribution in [0.1, 0.15) is 10.4 Å². The van der Waals surface area contributed by atoms with E-state index < -0.39 is 34.6 Å². The predicted molar refractivity (Wildman–Crippen MR) is 75.1 cm³/mol. The van der Waals surface area contributed by atoms with Gasteiger partial charge in [0, 0.05) is 0 Å². The number of amides is 1. The van der Waals surface area contributed by atoms with E-state index in [1.54, 1.807) is 0 Å². The molecule has 8 heteroatoms. The molecule has 0 atom stereocenters. The molecule has 0 aliphatic heterocycles. The maximum atomic E-state index is 13.7. The number of carbonyl (C=O) groups is 1. The molecule has 2 aromatic rings. The van der Waals surface area contributed by atoms with Crippen molar-refractivity contribution < 1.29 is 18.0 Å². The van der Waals surface area contributed by atoms with Gasteiger partial charge < -0.3 is 11.1 Å². The first-order valence-corrected chi connectivity index (χ1v) is 6.26. The highest BCUT2D eigenvalue weighted by atomic mass is 35.5. The van der Waals surface area contributed by atoms with Gasteiger partial charge in [0.25, 0.3) is 5.91 Å². The van der Waals surface area contributed by atoms with Gasteiger partial charge in [-0.3, -0.25) is 4.79 Å². The van der Waals surface area contributed by atoms with Crippen molar-refractivity contribution in [3.8, 4) is 0 Å². The average molecular weight is 335 g/mol. The largest absolute Gasteiger partial charge is 0.396 e. The number of benzene rings is 2. The van der Waals surface area contributed by atoms with Crippen LogP contribution in [-0.4, -0.2) is 5.91 Å². The van der Waals surface area contributed by atoms with Crippen LogP contribution in [0.15, 0.2) is 24.3 Å². The van der Waals surface area contributed by atoms with Gasteiger partial charge in [0.05, 0.1) is 21.4 Å². The number of hydrogen-bond acceptors (Lipinski definition) is 2. The summed E-state index contributed by atoms with van der Waals surface area (Å²) < 4.78 is 40.3. The molecule has 0 unspecified atom stereocenters. The normalized spacial score (nSPS) is 10.5. The standard InChI is InChI=1S/C13H7Cl2F3N2O/c14-6-3-5(16)4-7(15)12(6)20-13(21)10-8(17)1-2-9(19)11(10)18/h1-4H,19H2,(H,20,21). The van der Waals surface area contributed by atoms with Crippen molar-refractivity contribution in [3.63, 3.8) is 0 Å². The molecule has 0 bridgehead atoms. The molecule has 3 nitrogen and oxygen atoms in total. The van der Waals surface area contributed by atoms with Crippen LogP contribution in [0.5, 0.6) is 0 Å². The van der Waals surface area contributed by atoms with E-state index in [-0.39, 0.29) is 15.7 Å². The van der Waals surface area contributed by atoms with Crippen molar-refractivity contribution in [1.29, 1.82) is 0 Å². The summed E-state index contributed by atoms with van der Waals surface area (Å²) in [5.41, 5.74) is 3.84. The van der Waals surface area contributed by atoms with Crippen LogP contribution in [0.4, 0.5) is 24.5 Å². The number of nitrogens with one attached hydrogen (secondary N) is 1. The molecule has 0 aliphatic rings. The number of nitrogen functional groups attached to an aromatic ring is 1. The van der Waals surface area contributed by atoms with Gasteiger partial charge in [0.2, 0.25) is 0 Å². The molecule has 0 spiro atoms. The number of carbonyl (C=O) groups excluding carboxylic acids is 1. The number of hydrogen-bond donors (Lipinski definition) is 2. The Kier molecular flexibility index (Phi) is 4.29. The maximum absolute atomic E-state index is 13.7. The Bertz CT molecular complexity index is 715. The zero-order chi connectivity index (χ0) is 15.7. The number of rotatable bonds is 2. The average Bonchev–Trinajstić information content (AvgIpc) is 2.38. The first kappa shape index (κ1) is 15.5. The van der Waals surface area contributed by atoms with Gasteiger partial charge in [-0.05, 0) is 24.3 Å². The predicted octanol–water partition coefficient (Wildman–Crippen LogP) is 4.25. The summed E-state index contributed by atoms with van der Waals surface area (Å²) in [5.74, 6) is -4.17. The summed E-state index contributed by atoms with van der Waals surface area (Å²) in [4.78, 5) is 11.9. The molecule has 3 N–H and O–H groups in total. The minimum atomic E-state index is -1.21. The second-order valence-corrected chi connectivity index (χ2v) is 4.84. The molecule has 0 aliphatic carbocycles. The summed E-state index contributed by atoms with van der Waals surface area (Å²) in [6.45, 7) is 0. The topological polar surface area (TPSA) is 55.1 Å². The van der Waals surface area contributed by atoms with Crippen LogP contribution in [0, 0.1) is 17.5 Å². The Hall–Kier alpha value is -1.92. The van der Waals surface area contributed by atoms with Crippen molar-refractivity contribution in [2.75, 3.05) is 11.1 Å². The summed E-state index contributed by atoms with van der Waals surface area (Å²) in [7, 11) is 0. The van der Waals surface area contributed by atoms with E-state index in [0.717, 1.165) is 24.3 Å². The van der Waals surface area contributed by atoms with Crippen LogP contribution >= 0.6 is 23.2 Å². The van der Waals surface area contributed by atoms with Gasteiger partial charge in [0.1, 0.15) is 17.2 Å². The molecule has 0 aromatic heterocycles. The van der Waals surface area contributed by atoms with E-state index in [4.69, 9.17) is 28.9 Å². The summed E-state index contributed by atoms with van der Waals surface area (Å²) in [6.07, 6.45) is 0. The van der Waals surface area contributed by atoms with Gasteiger partial charge >= 0.3 is 0 Å². The van der Waals surface area contributed by atoms with Gasteiger partial charge in [-0.15, -0.1) is 0 Å². The lowest BCUT2D eigenvalue weighted by Gasteiger charge is -2.11. The Labute approximate surface area is 127 Å². The maximum Gasteiger partial charge on any atom is 0.261 e. The third kappa shape index (κ3) is 3.06. The van der Waals surface area contributed by atoms with Gasteiger partial charge in [0.15, 0.2) is 5.82 Å².